The molecule has 0 radical (unpaired) electrons. The summed E-state index contributed by atoms with van der Waals surface area (Å²) >= 11 is 0. The molecule has 0 bridgehead atoms. The third-order valence-corrected chi connectivity index (χ3v) is 7.64. The molecule has 5 amide bonds. The molecule has 2 aliphatic heterocycles. The highest BCUT2D eigenvalue weighted by Crippen LogP contribution is 2.34. The van der Waals surface area contributed by atoms with Crippen LogP contribution in [0.5, 0.6) is 0 Å². The van der Waals surface area contributed by atoms with Crippen LogP contribution >= 0.6 is 0 Å². The van der Waals surface area contributed by atoms with E-state index >= 15 is 0 Å². The van der Waals surface area contributed by atoms with E-state index in [1.807, 2.05) is 20.8 Å². The number of piperidine rings is 1. The first-order valence-electron chi connectivity index (χ1n) is 13.8. The highest BCUT2D eigenvalue weighted by Gasteiger charge is 2.43. The van der Waals surface area contributed by atoms with E-state index < -0.39 is 47.5 Å². The Kier molecular flexibility index (Phi) is 10.1. The zero-order chi connectivity index (χ0) is 28.0. The number of hydrogen-bond acceptors (Lipinski definition) is 7. The van der Waals surface area contributed by atoms with Crippen LogP contribution in [0, 0.1) is 11.3 Å². The Morgan fingerprint density at radius 3 is 2.21 bits per heavy atom. The second kappa shape index (κ2) is 12.9. The molecular weight excluding hydrogens is 492 g/mol. The van der Waals surface area contributed by atoms with Gasteiger partial charge in [0.1, 0.15) is 12.3 Å². The molecule has 1 saturated carbocycles. The number of rotatable bonds is 11. The SMILES string of the molecule is CC(C)(C)[C@H](NC(=O)NCC(=O)N1CCCCC1)C(=O)N1CCC[C@H]1C(O)NC(CC1CC1)C(=O)C(N)=O. The third kappa shape index (κ3) is 8.13. The number of aliphatic hydroxyl groups excluding tert-OH is 1. The number of carbonyl (C=O) groups excluding carboxylic acids is 5. The molecular formula is C26H44N6O6. The van der Waals surface area contributed by atoms with Crippen LogP contribution < -0.4 is 21.7 Å². The Morgan fingerprint density at radius 2 is 1.63 bits per heavy atom. The highest BCUT2D eigenvalue weighted by atomic mass is 16.3. The van der Waals surface area contributed by atoms with Gasteiger partial charge in [-0.3, -0.25) is 24.5 Å². The number of nitrogens with one attached hydrogen (secondary N) is 3. The number of primary amides is 1. The maximum Gasteiger partial charge on any atom is 0.315 e. The summed E-state index contributed by atoms with van der Waals surface area (Å²) in [6, 6.07) is -3.09. The van der Waals surface area contributed by atoms with E-state index in [1.165, 1.54) is 4.90 Å². The van der Waals surface area contributed by atoms with Gasteiger partial charge in [-0.05, 0) is 49.9 Å². The Hall–Kier alpha value is -2.73. The molecule has 0 spiro atoms. The average Bonchev–Trinajstić information content (AvgIpc) is 3.55. The number of carbonyl (C=O) groups is 5. The zero-order valence-electron chi connectivity index (χ0n) is 22.8. The van der Waals surface area contributed by atoms with E-state index in [9.17, 15) is 29.1 Å². The second-order valence-corrected chi connectivity index (χ2v) is 11.9. The number of nitrogens with two attached hydrogens (primary N) is 1. The van der Waals surface area contributed by atoms with Gasteiger partial charge >= 0.3 is 6.03 Å². The second-order valence-electron chi connectivity index (χ2n) is 11.9. The number of likely N-dealkylation sites (tertiary alicyclic amines) is 2. The number of nitrogens with zero attached hydrogens (tertiary/aromatic N) is 2. The molecule has 4 atom stereocenters. The van der Waals surface area contributed by atoms with Crippen molar-refractivity contribution in [3.8, 4) is 0 Å². The lowest BCUT2D eigenvalue weighted by atomic mass is 9.85. The summed E-state index contributed by atoms with van der Waals surface area (Å²) < 4.78 is 0. The normalized spacial score (nSPS) is 22.4. The van der Waals surface area contributed by atoms with Crippen molar-refractivity contribution >= 4 is 29.5 Å². The number of amides is 5. The fraction of sp³-hybridized carbons (Fsp3) is 0.808. The largest absolute Gasteiger partial charge is 0.376 e. The minimum absolute atomic E-state index is 0.151. The summed E-state index contributed by atoms with van der Waals surface area (Å²) in [6.07, 6.45) is 5.21. The van der Waals surface area contributed by atoms with E-state index in [4.69, 9.17) is 5.73 Å². The molecule has 12 nitrogen and oxygen atoms in total. The monoisotopic (exact) mass is 536 g/mol. The van der Waals surface area contributed by atoms with Crippen molar-refractivity contribution in [1.82, 2.24) is 25.8 Å². The van der Waals surface area contributed by atoms with Gasteiger partial charge in [-0.15, -0.1) is 0 Å². The Bertz CT molecular complexity index is 895. The summed E-state index contributed by atoms with van der Waals surface area (Å²) in [7, 11) is 0. The van der Waals surface area contributed by atoms with Crippen molar-refractivity contribution in [3.63, 3.8) is 0 Å². The van der Waals surface area contributed by atoms with Gasteiger partial charge in [0.2, 0.25) is 17.6 Å². The standard InChI is InChI=1S/C26H44N6O6/c1-26(2,3)21(30-25(38)28-15-19(33)31-11-5-4-6-12-31)24(37)32-13-7-8-18(32)23(36)29-17(14-16-9-10-16)20(34)22(27)35/h16-18,21,23,29,36H,4-15H2,1-3H3,(H2,27,35)(H2,28,30,38)/t17?,18-,21+,23?/m0/s1. The molecule has 6 N–H and O–H groups in total. The van der Waals surface area contributed by atoms with Crippen molar-refractivity contribution < 1.29 is 29.1 Å². The first-order valence-corrected chi connectivity index (χ1v) is 13.8. The maximum atomic E-state index is 13.7. The van der Waals surface area contributed by atoms with E-state index in [-0.39, 0.29) is 18.4 Å². The number of hydrogen-bond donors (Lipinski definition) is 5. The van der Waals surface area contributed by atoms with Crippen LogP contribution in [0.3, 0.4) is 0 Å². The average molecular weight is 537 g/mol. The molecule has 1 aliphatic carbocycles. The number of ketones is 1. The predicted molar refractivity (Wildman–Crippen MR) is 139 cm³/mol. The lowest BCUT2D eigenvalue weighted by molar-refractivity contribution is -0.141. The lowest BCUT2D eigenvalue weighted by Gasteiger charge is -2.37. The predicted octanol–water partition coefficient (Wildman–Crippen LogP) is -0.165. The smallest absolute Gasteiger partial charge is 0.315 e. The van der Waals surface area contributed by atoms with Gasteiger partial charge in [0.05, 0.1) is 18.6 Å². The summed E-state index contributed by atoms with van der Waals surface area (Å²) in [4.78, 5) is 65.9. The van der Waals surface area contributed by atoms with Crippen molar-refractivity contribution in [2.24, 2.45) is 17.1 Å². The van der Waals surface area contributed by atoms with Crippen LogP contribution in [0.25, 0.3) is 0 Å². The fourth-order valence-corrected chi connectivity index (χ4v) is 5.23. The van der Waals surface area contributed by atoms with Crippen molar-refractivity contribution in [1.29, 1.82) is 0 Å². The van der Waals surface area contributed by atoms with Gasteiger partial charge < -0.3 is 31.3 Å². The Balaban J connectivity index is 1.62. The molecule has 0 aromatic carbocycles. The van der Waals surface area contributed by atoms with Gasteiger partial charge in [0.25, 0.3) is 5.91 Å². The molecule has 38 heavy (non-hydrogen) atoms. The Labute approximate surface area is 224 Å². The minimum Gasteiger partial charge on any atom is -0.376 e. The molecule has 2 unspecified atom stereocenters. The van der Waals surface area contributed by atoms with Gasteiger partial charge in [-0.1, -0.05) is 33.6 Å². The number of urea groups is 1. The topological polar surface area (TPSA) is 174 Å². The van der Waals surface area contributed by atoms with Crippen molar-refractivity contribution in [2.45, 2.75) is 96.5 Å². The van der Waals surface area contributed by atoms with Gasteiger partial charge in [0, 0.05) is 19.6 Å². The molecule has 0 aromatic rings. The molecule has 2 saturated heterocycles. The lowest BCUT2D eigenvalue weighted by Crippen LogP contribution is -2.61. The van der Waals surface area contributed by atoms with E-state index in [0.717, 1.165) is 32.1 Å². The van der Waals surface area contributed by atoms with Crippen LogP contribution in [-0.4, -0.2) is 95.0 Å². The fourth-order valence-electron chi connectivity index (χ4n) is 5.23. The molecule has 12 heteroatoms. The van der Waals surface area contributed by atoms with E-state index in [2.05, 4.69) is 16.0 Å². The summed E-state index contributed by atoms with van der Waals surface area (Å²) in [5, 5.41) is 19.1. The van der Waals surface area contributed by atoms with Crippen LogP contribution in [0.2, 0.25) is 0 Å². The molecule has 3 aliphatic rings. The highest BCUT2D eigenvalue weighted by molar-refractivity contribution is 6.37. The molecule has 2 heterocycles. The summed E-state index contributed by atoms with van der Waals surface area (Å²) in [6.45, 7) is 7.07. The first-order chi connectivity index (χ1) is 17.9. The van der Waals surface area contributed by atoms with Gasteiger partial charge in [-0.25, -0.2) is 4.79 Å². The van der Waals surface area contributed by atoms with Crippen LogP contribution in [0.1, 0.15) is 72.1 Å². The van der Waals surface area contributed by atoms with Gasteiger partial charge in [-0.2, -0.15) is 0 Å². The summed E-state index contributed by atoms with van der Waals surface area (Å²) in [5.41, 5.74) is 4.55. The molecule has 0 aromatic heterocycles. The quantitative estimate of drug-likeness (QED) is 0.180. The van der Waals surface area contributed by atoms with Crippen LogP contribution in [-0.2, 0) is 19.2 Å². The van der Waals surface area contributed by atoms with Crippen LogP contribution in [0.15, 0.2) is 0 Å². The van der Waals surface area contributed by atoms with Crippen LogP contribution in [0.4, 0.5) is 4.79 Å². The zero-order valence-corrected chi connectivity index (χ0v) is 22.8. The molecule has 3 rings (SSSR count). The van der Waals surface area contributed by atoms with E-state index in [0.29, 0.717) is 44.8 Å². The first kappa shape index (κ1) is 29.8. The number of aliphatic hydroxyl groups is 1. The third-order valence-electron chi connectivity index (χ3n) is 7.64. The number of Topliss-reactive ketones (excluding diaryl/α,β-unsaturated/α-hetero) is 1. The molecule has 214 valence electrons. The summed E-state index contributed by atoms with van der Waals surface area (Å²) in [5.74, 6) is -2.05. The minimum atomic E-state index is -1.25. The van der Waals surface area contributed by atoms with Crippen molar-refractivity contribution in [2.75, 3.05) is 26.2 Å². The van der Waals surface area contributed by atoms with Crippen molar-refractivity contribution in [3.05, 3.63) is 0 Å². The maximum absolute atomic E-state index is 13.7. The van der Waals surface area contributed by atoms with Gasteiger partial charge in [0.15, 0.2) is 0 Å². The Morgan fingerprint density at radius 1 is 0.974 bits per heavy atom. The van der Waals surface area contributed by atoms with E-state index in [1.54, 1.807) is 4.90 Å². The molecule has 3 fully saturated rings.